The van der Waals surface area contributed by atoms with Crippen LogP contribution in [0.1, 0.15) is 62.0 Å². The SMILES string of the molecule is CCOC(=O)c1cnn(C)c1CN1CCCCCC1CC. The average Bonchev–Trinajstić information content (AvgIpc) is 2.70. The molecule has 21 heavy (non-hydrogen) atoms. The van der Waals surface area contributed by atoms with E-state index in [-0.39, 0.29) is 5.97 Å². The first-order valence-electron chi connectivity index (χ1n) is 8.09. The van der Waals surface area contributed by atoms with E-state index >= 15 is 0 Å². The molecule has 1 fully saturated rings. The van der Waals surface area contributed by atoms with Crippen LogP contribution < -0.4 is 0 Å². The number of nitrogens with zero attached hydrogens (tertiary/aromatic N) is 3. The number of rotatable bonds is 5. The van der Waals surface area contributed by atoms with Gasteiger partial charge in [-0.05, 0) is 32.7 Å². The molecular weight excluding hydrogens is 266 g/mol. The third kappa shape index (κ3) is 3.84. The molecule has 1 unspecified atom stereocenters. The summed E-state index contributed by atoms with van der Waals surface area (Å²) in [6.45, 7) is 6.36. The maximum Gasteiger partial charge on any atom is 0.341 e. The maximum absolute atomic E-state index is 12.0. The highest BCUT2D eigenvalue weighted by Crippen LogP contribution is 2.22. The minimum Gasteiger partial charge on any atom is -0.462 e. The zero-order valence-electron chi connectivity index (χ0n) is 13.5. The van der Waals surface area contributed by atoms with Crippen molar-refractivity contribution in [2.45, 2.75) is 58.5 Å². The summed E-state index contributed by atoms with van der Waals surface area (Å²) in [5, 5.41) is 4.25. The van der Waals surface area contributed by atoms with Crippen molar-refractivity contribution < 1.29 is 9.53 Å². The smallest absolute Gasteiger partial charge is 0.341 e. The summed E-state index contributed by atoms with van der Waals surface area (Å²) >= 11 is 0. The molecule has 0 N–H and O–H groups in total. The van der Waals surface area contributed by atoms with Gasteiger partial charge in [-0.15, -0.1) is 0 Å². The number of aryl methyl sites for hydroxylation is 1. The van der Waals surface area contributed by atoms with Crippen LogP contribution in [0.3, 0.4) is 0 Å². The molecule has 2 rings (SSSR count). The number of hydrogen-bond donors (Lipinski definition) is 0. The molecule has 0 saturated carbocycles. The second-order valence-corrected chi connectivity index (χ2v) is 5.73. The van der Waals surface area contributed by atoms with Gasteiger partial charge < -0.3 is 4.74 Å². The van der Waals surface area contributed by atoms with Crippen LogP contribution in [-0.4, -0.2) is 39.8 Å². The minimum atomic E-state index is -0.261. The Morgan fingerprint density at radius 2 is 2.19 bits per heavy atom. The summed E-state index contributed by atoms with van der Waals surface area (Å²) < 4.78 is 6.95. The first-order valence-corrected chi connectivity index (χ1v) is 8.09. The predicted octanol–water partition coefficient (Wildman–Crippen LogP) is 2.75. The first kappa shape index (κ1) is 16.0. The molecule has 0 amide bonds. The normalized spacial score (nSPS) is 20.2. The second-order valence-electron chi connectivity index (χ2n) is 5.73. The van der Waals surface area contributed by atoms with Crippen LogP contribution in [0.4, 0.5) is 0 Å². The van der Waals surface area contributed by atoms with Gasteiger partial charge in [-0.3, -0.25) is 9.58 Å². The van der Waals surface area contributed by atoms with Gasteiger partial charge in [-0.2, -0.15) is 5.10 Å². The van der Waals surface area contributed by atoms with Crippen molar-refractivity contribution in [3.8, 4) is 0 Å². The lowest BCUT2D eigenvalue weighted by Crippen LogP contribution is -2.35. The van der Waals surface area contributed by atoms with Crippen LogP contribution in [0.25, 0.3) is 0 Å². The molecule has 5 heteroatoms. The van der Waals surface area contributed by atoms with Crippen LogP contribution in [-0.2, 0) is 18.3 Å². The summed E-state index contributed by atoms with van der Waals surface area (Å²) in [5.41, 5.74) is 1.58. The van der Waals surface area contributed by atoms with E-state index in [4.69, 9.17) is 4.74 Å². The van der Waals surface area contributed by atoms with E-state index in [2.05, 4.69) is 16.9 Å². The fraction of sp³-hybridized carbons (Fsp3) is 0.750. The quantitative estimate of drug-likeness (QED) is 0.783. The molecule has 1 saturated heterocycles. The highest BCUT2D eigenvalue weighted by atomic mass is 16.5. The van der Waals surface area contributed by atoms with Crippen molar-refractivity contribution in [2.24, 2.45) is 7.05 Å². The maximum atomic E-state index is 12.0. The molecule has 1 aromatic rings. The Morgan fingerprint density at radius 1 is 1.38 bits per heavy atom. The molecule has 1 aromatic heterocycles. The van der Waals surface area contributed by atoms with Gasteiger partial charge in [-0.1, -0.05) is 19.8 Å². The van der Waals surface area contributed by atoms with Crippen LogP contribution in [0.15, 0.2) is 6.20 Å². The van der Waals surface area contributed by atoms with Crippen molar-refractivity contribution >= 4 is 5.97 Å². The van der Waals surface area contributed by atoms with Crippen molar-refractivity contribution in [3.05, 3.63) is 17.5 Å². The molecule has 0 radical (unpaired) electrons. The number of carbonyl (C=O) groups excluding carboxylic acids is 1. The van der Waals surface area contributed by atoms with Gasteiger partial charge >= 0.3 is 5.97 Å². The van der Waals surface area contributed by atoms with Gasteiger partial charge in [0.25, 0.3) is 0 Å². The molecule has 0 aliphatic carbocycles. The Balaban J connectivity index is 2.17. The summed E-state index contributed by atoms with van der Waals surface area (Å²) in [6, 6.07) is 0.609. The molecule has 0 bridgehead atoms. The molecule has 0 aromatic carbocycles. The summed E-state index contributed by atoms with van der Waals surface area (Å²) in [5.74, 6) is -0.261. The van der Waals surface area contributed by atoms with E-state index < -0.39 is 0 Å². The largest absolute Gasteiger partial charge is 0.462 e. The average molecular weight is 293 g/mol. The fourth-order valence-corrected chi connectivity index (χ4v) is 3.13. The first-order chi connectivity index (χ1) is 10.2. The third-order valence-corrected chi connectivity index (χ3v) is 4.38. The van der Waals surface area contributed by atoms with Crippen LogP contribution in [0.5, 0.6) is 0 Å². The number of likely N-dealkylation sites (tertiary alicyclic amines) is 1. The van der Waals surface area contributed by atoms with Gasteiger partial charge in [0.1, 0.15) is 5.56 Å². The van der Waals surface area contributed by atoms with E-state index in [1.54, 1.807) is 6.20 Å². The van der Waals surface area contributed by atoms with Crippen molar-refractivity contribution in [1.82, 2.24) is 14.7 Å². The molecule has 0 spiro atoms. The number of ether oxygens (including phenoxy) is 1. The zero-order valence-corrected chi connectivity index (χ0v) is 13.5. The van der Waals surface area contributed by atoms with E-state index in [0.29, 0.717) is 18.2 Å². The Hall–Kier alpha value is -1.36. The van der Waals surface area contributed by atoms with Crippen molar-refractivity contribution in [2.75, 3.05) is 13.2 Å². The minimum absolute atomic E-state index is 0.261. The summed E-state index contributed by atoms with van der Waals surface area (Å²) in [4.78, 5) is 14.6. The number of esters is 1. The molecule has 1 atom stereocenters. The van der Waals surface area contributed by atoms with Gasteiger partial charge in [0, 0.05) is 19.6 Å². The van der Waals surface area contributed by atoms with Gasteiger partial charge in [-0.25, -0.2) is 4.79 Å². The van der Waals surface area contributed by atoms with E-state index in [1.807, 2.05) is 18.7 Å². The van der Waals surface area contributed by atoms with Crippen molar-refractivity contribution in [3.63, 3.8) is 0 Å². The van der Waals surface area contributed by atoms with Crippen LogP contribution >= 0.6 is 0 Å². The highest BCUT2D eigenvalue weighted by molar-refractivity contribution is 5.90. The van der Waals surface area contributed by atoms with Gasteiger partial charge in [0.15, 0.2) is 0 Å². The molecule has 118 valence electrons. The lowest BCUT2D eigenvalue weighted by Gasteiger charge is -2.29. The standard InChI is InChI=1S/C16H27N3O2/c1-4-13-9-7-6-8-10-19(13)12-15-14(11-17-18(15)3)16(20)21-5-2/h11,13H,4-10,12H2,1-3H3. The highest BCUT2D eigenvalue weighted by Gasteiger charge is 2.24. The van der Waals surface area contributed by atoms with E-state index in [1.165, 1.54) is 25.7 Å². The topological polar surface area (TPSA) is 47.4 Å². The molecule has 1 aliphatic heterocycles. The summed E-state index contributed by atoms with van der Waals surface area (Å²) in [6.07, 6.45) is 7.90. The Kier molecular flexibility index (Phi) is 5.79. The lowest BCUT2D eigenvalue weighted by molar-refractivity contribution is 0.0522. The summed E-state index contributed by atoms with van der Waals surface area (Å²) in [7, 11) is 1.90. The van der Waals surface area contributed by atoms with Gasteiger partial charge in [0.05, 0.1) is 18.5 Å². The number of carbonyl (C=O) groups is 1. The molecular formula is C16H27N3O2. The third-order valence-electron chi connectivity index (χ3n) is 4.38. The Bertz CT molecular complexity index is 470. The fourth-order valence-electron chi connectivity index (χ4n) is 3.13. The Labute approximate surface area is 127 Å². The monoisotopic (exact) mass is 293 g/mol. The van der Waals surface area contributed by atoms with E-state index in [9.17, 15) is 4.79 Å². The molecule has 2 heterocycles. The molecule has 5 nitrogen and oxygen atoms in total. The number of aromatic nitrogens is 2. The van der Waals surface area contributed by atoms with E-state index in [0.717, 1.165) is 25.2 Å². The Morgan fingerprint density at radius 3 is 2.90 bits per heavy atom. The van der Waals surface area contributed by atoms with Crippen LogP contribution in [0.2, 0.25) is 0 Å². The number of hydrogen-bond acceptors (Lipinski definition) is 4. The molecule has 1 aliphatic rings. The zero-order chi connectivity index (χ0) is 15.2. The predicted molar refractivity (Wildman–Crippen MR) is 82.1 cm³/mol. The second kappa shape index (κ2) is 7.59. The van der Waals surface area contributed by atoms with Crippen LogP contribution in [0, 0.1) is 0 Å². The van der Waals surface area contributed by atoms with Gasteiger partial charge in [0.2, 0.25) is 0 Å². The van der Waals surface area contributed by atoms with Crippen molar-refractivity contribution in [1.29, 1.82) is 0 Å². The lowest BCUT2D eigenvalue weighted by atomic mass is 10.1.